The molecule has 0 radical (unpaired) electrons. The number of nitrogens with one attached hydrogen (secondary N) is 2. The highest BCUT2D eigenvalue weighted by atomic mass is 79.9. The van der Waals surface area contributed by atoms with Gasteiger partial charge in [0.2, 0.25) is 0 Å². The molecular formula is C16H14BrClN2O4. The van der Waals surface area contributed by atoms with Crippen molar-refractivity contribution in [2.45, 2.75) is 0 Å². The molecule has 0 aromatic heterocycles. The molecule has 0 unspecified atom stereocenters. The average Bonchev–Trinajstić information content (AvgIpc) is 2.57. The fourth-order valence-electron chi connectivity index (χ4n) is 1.60. The number of halogens is 2. The van der Waals surface area contributed by atoms with Crippen LogP contribution in [0.2, 0.25) is 5.02 Å². The van der Waals surface area contributed by atoms with Crippen molar-refractivity contribution in [1.82, 2.24) is 10.9 Å². The van der Waals surface area contributed by atoms with Gasteiger partial charge in [-0.2, -0.15) is 0 Å². The lowest BCUT2D eigenvalue weighted by Crippen LogP contribution is -2.45. The number of amides is 2. The Hall–Kier alpha value is -2.25. The zero-order valence-electron chi connectivity index (χ0n) is 12.4. The van der Waals surface area contributed by atoms with E-state index in [9.17, 15) is 9.59 Å². The van der Waals surface area contributed by atoms with E-state index in [1.807, 2.05) is 0 Å². The molecule has 8 heteroatoms. The quantitative estimate of drug-likeness (QED) is 0.714. The van der Waals surface area contributed by atoms with Crippen LogP contribution in [-0.2, 0) is 9.59 Å². The van der Waals surface area contributed by atoms with E-state index in [1.165, 1.54) is 0 Å². The number of carbonyl (C=O) groups is 2. The van der Waals surface area contributed by atoms with Crippen LogP contribution >= 0.6 is 27.5 Å². The molecule has 0 saturated heterocycles. The molecule has 0 heterocycles. The third-order valence-electron chi connectivity index (χ3n) is 2.69. The van der Waals surface area contributed by atoms with Gasteiger partial charge in [0.1, 0.15) is 11.5 Å². The molecule has 0 aliphatic rings. The highest BCUT2D eigenvalue weighted by Crippen LogP contribution is 2.17. The standard InChI is InChI=1S/C16H14BrClN2O4/c17-11-4-6-13(7-5-11)23-9-15(21)19-20-16(22)10-24-14-3-1-2-12(18)8-14/h1-8H,9-10H2,(H,19,21)(H,20,22). The molecule has 0 fully saturated rings. The molecule has 2 rings (SSSR count). The molecule has 2 aromatic rings. The normalized spacial score (nSPS) is 9.92. The van der Waals surface area contributed by atoms with Crippen LogP contribution in [0.4, 0.5) is 0 Å². The second-order valence-electron chi connectivity index (χ2n) is 4.58. The monoisotopic (exact) mass is 412 g/mol. The Morgan fingerprint density at radius 1 is 0.917 bits per heavy atom. The Bertz CT molecular complexity index is 709. The topological polar surface area (TPSA) is 76.7 Å². The molecule has 6 nitrogen and oxygen atoms in total. The fraction of sp³-hybridized carbons (Fsp3) is 0.125. The lowest BCUT2D eigenvalue weighted by atomic mass is 10.3. The van der Waals surface area contributed by atoms with Gasteiger partial charge in [0.05, 0.1) is 0 Å². The van der Waals surface area contributed by atoms with Gasteiger partial charge in [0.15, 0.2) is 13.2 Å². The third kappa shape index (κ3) is 6.47. The Morgan fingerprint density at radius 2 is 1.50 bits per heavy atom. The smallest absolute Gasteiger partial charge is 0.276 e. The summed E-state index contributed by atoms with van der Waals surface area (Å²) in [5.74, 6) is 0.00695. The molecule has 2 amide bonds. The van der Waals surface area contributed by atoms with E-state index < -0.39 is 11.8 Å². The third-order valence-corrected chi connectivity index (χ3v) is 3.45. The van der Waals surface area contributed by atoms with Gasteiger partial charge < -0.3 is 9.47 Å². The van der Waals surface area contributed by atoms with Crippen molar-refractivity contribution in [2.24, 2.45) is 0 Å². The first-order chi connectivity index (χ1) is 11.5. The van der Waals surface area contributed by atoms with Gasteiger partial charge in [-0.15, -0.1) is 0 Å². The molecule has 24 heavy (non-hydrogen) atoms. The van der Waals surface area contributed by atoms with Crippen molar-refractivity contribution >= 4 is 39.3 Å². The number of benzene rings is 2. The van der Waals surface area contributed by atoms with Gasteiger partial charge in [0.25, 0.3) is 11.8 Å². The van der Waals surface area contributed by atoms with Crippen molar-refractivity contribution in [3.05, 3.63) is 58.0 Å². The van der Waals surface area contributed by atoms with Crippen molar-refractivity contribution in [1.29, 1.82) is 0 Å². The molecule has 0 bridgehead atoms. The van der Waals surface area contributed by atoms with E-state index in [2.05, 4.69) is 26.8 Å². The molecule has 0 saturated carbocycles. The molecule has 0 spiro atoms. The van der Waals surface area contributed by atoms with Crippen LogP contribution in [0.3, 0.4) is 0 Å². The van der Waals surface area contributed by atoms with E-state index in [4.69, 9.17) is 21.1 Å². The van der Waals surface area contributed by atoms with Crippen LogP contribution in [0.1, 0.15) is 0 Å². The summed E-state index contributed by atoms with van der Waals surface area (Å²) in [6.07, 6.45) is 0. The van der Waals surface area contributed by atoms with E-state index in [1.54, 1.807) is 48.5 Å². The van der Waals surface area contributed by atoms with Crippen molar-refractivity contribution < 1.29 is 19.1 Å². The SMILES string of the molecule is O=C(COc1ccc(Br)cc1)NNC(=O)COc1cccc(Cl)c1. The lowest BCUT2D eigenvalue weighted by Gasteiger charge is -2.10. The minimum absolute atomic E-state index is 0.225. The summed E-state index contributed by atoms with van der Waals surface area (Å²) < 4.78 is 11.4. The minimum Gasteiger partial charge on any atom is -0.484 e. The maximum absolute atomic E-state index is 11.6. The number of carbonyl (C=O) groups excluding carboxylic acids is 2. The highest BCUT2D eigenvalue weighted by Gasteiger charge is 2.07. The Balaban J connectivity index is 1.65. The molecule has 126 valence electrons. The first kappa shape index (κ1) is 18.1. The summed E-state index contributed by atoms with van der Waals surface area (Å²) in [6, 6.07) is 13.7. The zero-order valence-corrected chi connectivity index (χ0v) is 14.8. The molecule has 0 aliphatic heterocycles. The summed E-state index contributed by atoms with van der Waals surface area (Å²) in [7, 11) is 0. The van der Waals surface area contributed by atoms with Crippen LogP contribution < -0.4 is 20.3 Å². The van der Waals surface area contributed by atoms with E-state index in [0.717, 1.165) is 4.47 Å². The Labute approximate surface area is 152 Å². The highest BCUT2D eigenvalue weighted by molar-refractivity contribution is 9.10. The summed E-state index contributed by atoms with van der Waals surface area (Å²) in [4.78, 5) is 23.2. The van der Waals surface area contributed by atoms with Crippen LogP contribution in [0, 0.1) is 0 Å². The van der Waals surface area contributed by atoms with Crippen molar-refractivity contribution in [3.8, 4) is 11.5 Å². The number of ether oxygens (including phenoxy) is 2. The van der Waals surface area contributed by atoms with Crippen LogP contribution in [0.5, 0.6) is 11.5 Å². The van der Waals surface area contributed by atoms with Gasteiger partial charge in [-0.1, -0.05) is 33.6 Å². The Kier molecular flexibility index (Phi) is 6.89. The number of rotatable bonds is 6. The van der Waals surface area contributed by atoms with Crippen molar-refractivity contribution in [2.75, 3.05) is 13.2 Å². The average molecular weight is 414 g/mol. The minimum atomic E-state index is -0.507. The second kappa shape index (κ2) is 9.14. The van der Waals surface area contributed by atoms with E-state index in [-0.39, 0.29) is 13.2 Å². The van der Waals surface area contributed by atoms with Crippen LogP contribution in [-0.4, -0.2) is 25.0 Å². The van der Waals surface area contributed by atoms with Gasteiger partial charge in [-0.25, -0.2) is 0 Å². The largest absolute Gasteiger partial charge is 0.484 e. The van der Waals surface area contributed by atoms with Gasteiger partial charge >= 0.3 is 0 Å². The maximum atomic E-state index is 11.6. The predicted molar refractivity (Wildman–Crippen MR) is 92.9 cm³/mol. The van der Waals surface area contributed by atoms with E-state index >= 15 is 0 Å². The summed E-state index contributed by atoms with van der Waals surface area (Å²) in [5.41, 5.74) is 4.46. The van der Waals surface area contributed by atoms with Gasteiger partial charge in [0, 0.05) is 9.50 Å². The number of hydrazine groups is 1. The molecule has 2 N–H and O–H groups in total. The van der Waals surface area contributed by atoms with Crippen molar-refractivity contribution in [3.63, 3.8) is 0 Å². The van der Waals surface area contributed by atoms with Gasteiger partial charge in [-0.3, -0.25) is 20.4 Å². The summed E-state index contributed by atoms with van der Waals surface area (Å²) in [6.45, 7) is -0.481. The Morgan fingerprint density at radius 3 is 2.08 bits per heavy atom. The molecule has 0 atom stereocenters. The zero-order chi connectivity index (χ0) is 17.4. The molecular weight excluding hydrogens is 400 g/mol. The summed E-state index contributed by atoms with van der Waals surface area (Å²) >= 11 is 9.10. The first-order valence-corrected chi connectivity index (χ1v) is 8.04. The predicted octanol–water partition coefficient (Wildman–Crippen LogP) is 2.71. The lowest BCUT2D eigenvalue weighted by molar-refractivity contribution is -0.131. The maximum Gasteiger partial charge on any atom is 0.276 e. The van der Waals surface area contributed by atoms with Crippen LogP contribution in [0.25, 0.3) is 0 Å². The second-order valence-corrected chi connectivity index (χ2v) is 5.94. The first-order valence-electron chi connectivity index (χ1n) is 6.87. The van der Waals surface area contributed by atoms with Crippen LogP contribution in [0.15, 0.2) is 53.0 Å². The van der Waals surface area contributed by atoms with E-state index in [0.29, 0.717) is 16.5 Å². The number of hydrogen-bond acceptors (Lipinski definition) is 4. The number of hydrogen-bond donors (Lipinski definition) is 2. The molecule has 0 aliphatic carbocycles. The molecule has 2 aromatic carbocycles. The van der Waals surface area contributed by atoms with Gasteiger partial charge in [-0.05, 0) is 42.5 Å². The fourth-order valence-corrected chi connectivity index (χ4v) is 2.04. The summed E-state index contributed by atoms with van der Waals surface area (Å²) in [5, 5.41) is 0.506.